The van der Waals surface area contributed by atoms with Gasteiger partial charge in [-0.05, 0) is 44.0 Å². The van der Waals surface area contributed by atoms with Gasteiger partial charge in [-0.25, -0.2) is 18.5 Å². The Kier molecular flexibility index (Phi) is 9.11. The van der Waals surface area contributed by atoms with Crippen molar-refractivity contribution in [3.63, 3.8) is 0 Å². The monoisotopic (exact) mass is 544 g/mol. The fourth-order valence-corrected chi connectivity index (χ4v) is 4.97. The molecule has 1 aromatic carbocycles. The number of fused-ring (bicyclic) bond motifs is 1. The van der Waals surface area contributed by atoms with Gasteiger partial charge in [-0.3, -0.25) is 9.36 Å². The van der Waals surface area contributed by atoms with Crippen LogP contribution in [-0.2, 0) is 17.8 Å². The number of hydrogen-bond acceptors (Lipinski definition) is 9. The molecule has 0 saturated heterocycles. The van der Waals surface area contributed by atoms with Crippen molar-refractivity contribution >= 4 is 27.5 Å². The minimum Gasteiger partial charge on any atom is -0.496 e. The zero-order valence-corrected chi connectivity index (χ0v) is 21.6. The standard InChI is InChI=1S/C21H20FN5O5S.C3H5NO/c1-11-16-17(28)26(12(2)20(29)30)21(31)25(19(16)33-18(11)27-23-7-8-24-27)9-6-13-10-14(22)4-5-15(13)32-3;4-2-1-3-5/h4-5,7-8,10,12H,6,9H2,1-3H3,(H,29,30);5H,1,3H2. The van der Waals surface area contributed by atoms with Gasteiger partial charge in [0.05, 0.1) is 44.0 Å². The summed E-state index contributed by atoms with van der Waals surface area (Å²) in [7, 11) is 1.46. The molecule has 0 aliphatic heterocycles. The summed E-state index contributed by atoms with van der Waals surface area (Å²) in [6, 6.07) is 4.47. The SMILES string of the molecule is COc1ccc(F)cc1CCn1c(=O)n(C(C)C(=O)O)c(=O)c2c(C)c(-n3nccn3)sc21.N#CCCO. The Morgan fingerprint density at radius 1 is 1.29 bits per heavy atom. The van der Waals surface area contributed by atoms with Crippen molar-refractivity contribution in [3.8, 4) is 16.8 Å². The van der Waals surface area contributed by atoms with E-state index < -0.39 is 29.1 Å². The lowest BCUT2D eigenvalue weighted by Gasteiger charge is -2.15. The molecule has 1 unspecified atom stereocenters. The molecule has 4 rings (SSSR count). The highest BCUT2D eigenvalue weighted by Crippen LogP contribution is 2.31. The number of halogens is 1. The summed E-state index contributed by atoms with van der Waals surface area (Å²) < 4.78 is 21.2. The number of nitriles is 1. The third-order valence-electron chi connectivity index (χ3n) is 5.63. The molecule has 0 amide bonds. The topological polar surface area (TPSA) is 165 Å². The number of carboxylic acids is 1. The average Bonchev–Trinajstić information content (AvgIpc) is 3.53. The maximum Gasteiger partial charge on any atom is 0.332 e. The Labute approximate surface area is 219 Å². The first-order valence-corrected chi connectivity index (χ1v) is 12.2. The first-order valence-electron chi connectivity index (χ1n) is 11.3. The van der Waals surface area contributed by atoms with Crippen LogP contribution in [0.3, 0.4) is 0 Å². The lowest BCUT2D eigenvalue weighted by Crippen LogP contribution is -2.43. The molecule has 12 nitrogen and oxygen atoms in total. The Morgan fingerprint density at radius 2 is 1.97 bits per heavy atom. The van der Waals surface area contributed by atoms with E-state index in [1.54, 1.807) is 13.0 Å². The van der Waals surface area contributed by atoms with Crippen LogP contribution in [0.15, 0.2) is 40.2 Å². The minimum atomic E-state index is -1.38. The highest BCUT2D eigenvalue weighted by Gasteiger charge is 2.26. The summed E-state index contributed by atoms with van der Waals surface area (Å²) in [6.45, 7) is 3.01. The molecule has 0 spiro atoms. The maximum absolute atomic E-state index is 13.8. The average molecular weight is 545 g/mol. The van der Waals surface area contributed by atoms with Gasteiger partial charge in [0.2, 0.25) is 0 Å². The number of nitrogens with zero attached hydrogens (tertiary/aromatic N) is 6. The van der Waals surface area contributed by atoms with Crippen molar-refractivity contribution in [1.82, 2.24) is 24.1 Å². The van der Waals surface area contributed by atoms with Crippen LogP contribution in [-0.4, -0.2) is 54.0 Å². The molecule has 14 heteroatoms. The lowest BCUT2D eigenvalue weighted by molar-refractivity contribution is -0.140. The summed E-state index contributed by atoms with van der Waals surface area (Å²) in [4.78, 5) is 39.9. The Hall–Kier alpha value is -4.35. The first-order chi connectivity index (χ1) is 18.2. The number of aliphatic hydroxyl groups excluding tert-OH is 1. The van der Waals surface area contributed by atoms with Crippen molar-refractivity contribution in [3.05, 3.63) is 68.4 Å². The first kappa shape index (κ1) is 28.2. The normalized spacial score (nSPS) is 11.5. The fourth-order valence-electron chi connectivity index (χ4n) is 3.74. The maximum atomic E-state index is 13.8. The van der Waals surface area contributed by atoms with Crippen LogP contribution in [0.2, 0.25) is 0 Å². The molecule has 3 heterocycles. The van der Waals surface area contributed by atoms with Gasteiger partial charge in [-0.1, -0.05) is 11.3 Å². The number of benzene rings is 1. The number of carboxylic acid groups (broad SMARTS) is 1. The number of aryl methyl sites for hydroxylation is 3. The van der Waals surface area contributed by atoms with Crippen molar-refractivity contribution in [2.24, 2.45) is 0 Å². The van der Waals surface area contributed by atoms with E-state index in [1.165, 1.54) is 54.0 Å². The van der Waals surface area contributed by atoms with E-state index in [0.29, 0.717) is 26.7 Å². The molecular formula is C24H25FN6O6S. The van der Waals surface area contributed by atoms with E-state index in [1.807, 2.05) is 0 Å². The van der Waals surface area contributed by atoms with E-state index >= 15 is 0 Å². The number of carbonyl (C=O) groups is 1. The highest BCUT2D eigenvalue weighted by atomic mass is 32.1. The van der Waals surface area contributed by atoms with Crippen LogP contribution in [0.5, 0.6) is 5.75 Å². The summed E-state index contributed by atoms with van der Waals surface area (Å²) in [6.07, 6.45) is 3.43. The predicted molar refractivity (Wildman–Crippen MR) is 136 cm³/mol. The van der Waals surface area contributed by atoms with Gasteiger partial charge in [-0.15, -0.1) is 4.80 Å². The molecule has 0 saturated carbocycles. The zero-order valence-electron chi connectivity index (χ0n) is 20.8. The molecule has 0 aliphatic carbocycles. The molecule has 0 radical (unpaired) electrons. The number of ether oxygens (including phenoxy) is 1. The summed E-state index contributed by atoms with van der Waals surface area (Å²) in [5.41, 5.74) is -0.404. The molecule has 4 aromatic rings. The van der Waals surface area contributed by atoms with Crippen LogP contribution in [0.4, 0.5) is 4.39 Å². The third kappa shape index (κ3) is 5.63. The lowest BCUT2D eigenvalue weighted by atomic mass is 10.1. The second kappa shape index (κ2) is 12.3. The number of methoxy groups -OCH3 is 1. The Balaban J connectivity index is 0.000000732. The number of rotatable bonds is 8. The molecular weight excluding hydrogens is 519 g/mol. The van der Waals surface area contributed by atoms with Crippen LogP contribution in [0.1, 0.15) is 30.5 Å². The van der Waals surface area contributed by atoms with Gasteiger partial charge < -0.3 is 14.9 Å². The second-order valence-corrected chi connectivity index (χ2v) is 8.97. The van der Waals surface area contributed by atoms with Gasteiger partial charge >= 0.3 is 11.7 Å². The number of aliphatic hydroxyl groups is 1. The summed E-state index contributed by atoms with van der Waals surface area (Å²) in [5.74, 6) is -1.31. The molecule has 200 valence electrons. The van der Waals surface area contributed by atoms with E-state index in [9.17, 15) is 23.9 Å². The van der Waals surface area contributed by atoms with Crippen LogP contribution >= 0.6 is 11.3 Å². The molecule has 3 aromatic heterocycles. The summed E-state index contributed by atoms with van der Waals surface area (Å²) >= 11 is 1.15. The molecule has 0 bridgehead atoms. The van der Waals surface area contributed by atoms with Crippen LogP contribution < -0.4 is 16.0 Å². The van der Waals surface area contributed by atoms with Crippen molar-refractivity contribution in [2.45, 2.75) is 39.3 Å². The van der Waals surface area contributed by atoms with Crippen molar-refractivity contribution in [1.29, 1.82) is 5.26 Å². The highest BCUT2D eigenvalue weighted by molar-refractivity contribution is 7.21. The van der Waals surface area contributed by atoms with Crippen LogP contribution in [0.25, 0.3) is 15.2 Å². The van der Waals surface area contributed by atoms with Crippen molar-refractivity contribution < 1.29 is 24.1 Å². The van der Waals surface area contributed by atoms with Gasteiger partial charge in [-0.2, -0.15) is 15.5 Å². The van der Waals surface area contributed by atoms with E-state index in [4.69, 9.17) is 15.1 Å². The molecule has 0 aliphatic rings. The Morgan fingerprint density at radius 3 is 2.53 bits per heavy atom. The smallest absolute Gasteiger partial charge is 0.332 e. The van der Waals surface area contributed by atoms with Crippen LogP contribution in [0, 0.1) is 24.1 Å². The van der Waals surface area contributed by atoms with E-state index in [2.05, 4.69) is 10.2 Å². The number of aliphatic carboxylic acids is 1. The number of aromatic nitrogens is 5. The molecule has 38 heavy (non-hydrogen) atoms. The van der Waals surface area contributed by atoms with Gasteiger partial charge in [0.25, 0.3) is 5.56 Å². The largest absolute Gasteiger partial charge is 0.496 e. The van der Waals surface area contributed by atoms with Gasteiger partial charge in [0.1, 0.15) is 27.4 Å². The molecule has 0 fully saturated rings. The number of thiophene rings is 1. The zero-order chi connectivity index (χ0) is 28.0. The molecule has 2 N–H and O–H groups in total. The summed E-state index contributed by atoms with van der Waals surface area (Å²) in [5, 5.41) is 33.9. The van der Waals surface area contributed by atoms with E-state index in [-0.39, 0.29) is 31.4 Å². The second-order valence-electron chi connectivity index (χ2n) is 7.99. The fraction of sp³-hybridized carbons (Fsp3) is 0.333. The van der Waals surface area contributed by atoms with Crippen molar-refractivity contribution in [2.75, 3.05) is 13.7 Å². The quantitative estimate of drug-likeness (QED) is 0.338. The van der Waals surface area contributed by atoms with E-state index in [0.717, 1.165) is 15.9 Å². The Bertz CT molecular complexity index is 1600. The molecule has 1 atom stereocenters. The van der Waals surface area contributed by atoms with Gasteiger partial charge in [0.15, 0.2) is 0 Å². The minimum absolute atomic E-state index is 0.0174. The van der Waals surface area contributed by atoms with Gasteiger partial charge in [0, 0.05) is 12.1 Å². The number of hydrogen-bond donors (Lipinski definition) is 2. The predicted octanol–water partition coefficient (Wildman–Crippen LogP) is 2.04. The third-order valence-corrected chi connectivity index (χ3v) is 6.91.